The number of thioether (sulfide) groups is 1. The average Bonchev–Trinajstić information content (AvgIpc) is 3.09. The van der Waals surface area contributed by atoms with Gasteiger partial charge >= 0.3 is 0 Å². The summed E-state index contributed by atoms with van der Waals surface area (Å²) < 4.78 is 23.7. The van der Waals surface area contributed by atoms with Crippen LogP contribution in [0.3, 0.4) is 0 Å². The Bertz CT molecular complexity index is 873. The molecule has 0 spiro atoms. The summed E-state index contributed by atoms with van der Waals surface area (Å²) in [6, 6.07) is 7.40. The highest BCUT2D eigenvalue weighted by Crippen LogP contribution is 2.58. The van der Waals surface area contributed by atoms with Gasteiger partial charge in [-0.05, 0) is 72.3 Å². The lowest BCUT2D eigenvalue weighted by molar-refractivity contribution is 0.602. The fourth-order valence-corrected chi connectivity index (χ4v) is 5.52. The van der Waals surface area contributed by atoms with Gasteiger partial charge in [0.2, 0.25) is 0 Å². The highest BCUT2D eigenvalue weighted by Gasteiger charge is 2.51. The van der Waals surface area contributed by atoms with Crippen molar-refractivity contribution < 1.29 is 8.42 Å². The normalized spacial score (nSPS) is 28.8. The molecule has 1 saturated carbocycles. The molecule has 1 fully saturated rings. The summed E-state index contributed by atoms with van der Waals surface area (Å²) in [6.07, 6.45) is 15.3. The Morgan fingerprint density at radius 2 is 1.83 bits per heavy atom. The van der Waals surface area contributed by atoms with Gasteiger partial charge in [-0.3, -0.25) is 0 Å². The Morgan fingerprint density at radius 3 is 2.46 bits per heavy atom. The number of benzene rings is 1. The largest absolute Gasteiger partial charge is 0.224 e. The van der Waals surface area contributed by atoms with E-state index in [-0.39, 0.29) is 0 Å². The van der Waals surface area contributed by atoms with Crippen LogP contribution < -0.4 is 0 Å². The average molecular weight is 359 g/mol. The SMILES string of the molecule is CSC12C=CC(C3=C(c4ccc(S(C)(=O)=O)cc4)CCC3)=CC1C2. The molecule has 3 aliphatic carbocycles. The molecule has 0 heterocycles. The Hall–Kier alpha value is -1.26. The molecule has 0 N–H and O–H groups in total. The van der Waals surface area contributed by atoms with Gasteiger partial charge in [0.05, 0.1) is 4.90 Å². The van der Waals surface area contributed by atoms with Crippen molar-refractivity contribution in [1.82, 2.24) is 0 Å². The van der Waals surface area contributed by atoms with E-state index in [0.717, 1.165) is 12.8 Å². The molecule has 0 radical (unpaired) electrons. The lowest BCUT2D eigenvalue weighted by Gasteiger charge is -2.16. The van der Waals surface area contributed by atoms with Crippen molar-refractivity contribution in [2.45, 2.75) is 35.3 Å². The Kier molecular flexibility index (Phi) is 3.81. The fourth-order valence-electron chi connectivity index (χ4n) is 3.97. The van der Waals surface area contributed by atoms with Crippen LogP contribution in [0.4, 0.5) is 0 Å². The molecule has 0 aliphatic heterocycles. The van der Waals surface area contributed by atoms with Crippen LogP contribution in [0.2, 0.25) is 0 Å². The third-order valence-corrected chi connectivity index (χ3v) is 8.00. The maximum Gasteiger partial charge on any atom is 0.175 e. The zero-order chi connectivity index (χ0) is 16.9. The van der Waals surface area contributed by atoms with Gasteiger partial charge in [0.15, 0.2) is 9.84 Å². The molecule has 1 aromatic carbocycles. The second-order valence-electron chi connectivity index (χ2n) is 7.03. The van der Waals surface area contributed by atoms with Crippen molar-refractivity contribution in [1.29, 1.82) is 0 Å². The first-order chi connectivity index (χ1) is 11.4. The first-order valence-corrected chi connectivity index (χ1v) is 11.5. The van der Waals surface area contributed by atoms with Gasteiger partial charge in [-0.15, -0.1) is 0 Å². The Labute approximate surface area is 148 Å². The van der Waals surface area contributed by atoms with Crippen molar-refractivity contribution in [3.63, 3.8) is 0 Å². The van der Waals surface area contributed by atoms with E-state index in [4.69, 9.17) is 0 Å². The van der Waals surface area contributed by atoms with Crippen LogP contribution in [0, 0.1) is 5.92 Å². The van der Waals surface area contributed by atoms with E-state index in [1.807, 2.05) is 23.9 Å². The quantitative estimate of drug-likeness (QED) is 0.786. The summed E-state index contributed by atoms with van der Waals surface area (Å²) in [7, 11) is -3.13. The molecular weight excluding hydrogens is 336 g/mol. The molecule has 1 aromatic rings. The smallest absolute Gasteiger partial charge is 0.175 e. The number of hydrogen-bond donors (Lipinski definition) is 0. The second-order valence-corrected chi connectivity index (χ2v) is 10.2. The molecular formula is C20H22O2S2. The van der Waals surface area contributed by atoms with Crippen LogP contribution in [0.15, 0.2) is 58.5 Å². The van der Waals surface area contributed by atoms with Crippen molar-refractivity contribution in [3.05, 3.63) is 59.2 Å². The van der Waals surface area contributed by atoms with Crippen LogP contribution in [0.5, 0.6) is 0 Å². The van der Waals surface area contributed by atoms with Crippen molar-refractivity contribution in [2.24, 2.45) is 5.92 Å². The minimum absolute atomic E-state index is 0.375. The fraction of sp³-hybridized carbons (Fsp3) is 0.400. The van der Waals surface area contributed by atoms with E-state index in [0.29, 0.717) is 15.6 Å². The molecule has 4 rings (SSSR count). The molecule has 2 atom stereocenters. The first kappa shape index (κ1) is 16.2. The monoisotopic (exact) mass is 358 g/mol. The van der Waals surface area contributed by atoms with Crippen molar-refractivity contribution >= 4 is 27.2 Å². The predicted octanol–water partition coefficient (Wildman–Crippen LogP) is 4.65. The van der Waals surface area contributed by atoms with Gasteiger partial charge in [-0.2, -0.15) is 11.8 Å². The standard InChI is InChI=1S/C20H22O2S2/c1-23-20-11-10-15(12-16(20)13-20)19-5-3-4-18(19)14-6-8-17(9-7-14)24(2,21)22/h6-12,16H,3-5,13H2,1-2H3. The summed E-state index contributed by atoms with van der Waals surface area (Å²) in [4.78, 5) is 0.394. The van der Waals surface area contributed by atoms with Crippen molar-refractivity contribution in [3.8, 4) is 0 Å². The second kappa shape index (κ2) is 5.63. The third-order valence-electron chi connectivity index (χ3n) is 5.51. The van der Waals surface area contributed by atoms with Gasteiger partial charge in [-0.1, -0.05) is 30.4 Å². The highest BCUT2D eigenvalue weighted by molar-refractivity contribution is 8.00. The molecule has 4 heteroatoms. The molecule has 126 valence electrons. The van der Waals surface area contributed by atoms with Crippen LogP contribution in [0.1, 0.15) is 31.2 Å². The van der Waals surface area contributed by atoms with E-state index in [2.05, 4.69) is 24.5 Å². The molecule has 0 amide bonds. The topological polar surface area (TPSA) is 34.1 Å². The summed E-state index contributed by atoms with van der Waals surface area (Å²) in [5.41, 5.74) is 5.41. The maximum atomic E-state index is 11.6. The minimum Gasteiger partial charge on any atom is -0.224 e. The summed E-state index contributed by atoms with van der Waals surface area (Å²) in [5, 5.41) is 0. The zero-order valence-corrected chi connectivity index (χ0v) is 15.7. The van der Waals surface area contributed by atoms with Crippen LogP contribution >= 0.6 is 11.8 Å². The van der Waals surface area contributed by atoms with Gasteiger partial charge in [0, 0.05) is 11.0 Å². The lowest BCUT2D eigenvalue weighted by Crippen LogP contribution is -2.05. The number of hydrogen-bond acceptors (Lipinski definition) is 3. The predicted molar refractivity (Wildman–Crippen MR) is 102 cm³/mol. The van der Waals surface area contributed by atoms with E-state index >= 15 is 0 Å². The van der Waals surface area contributed by atoms with E-state index in [9.17, 15) is 8.42 Å². The van der Waals surface area contributed by atoms with Crippen molar-refractivity contribution in [2.75, 3.05) is 12.5 Å². The summed E-state index contributed by atoms with van der Waals surface area (Å²) in [5.74, 6) is 0.689. The number of rotatable bonds is 4. The highest BCUT2D eigenvalue weighted by atomic mass is 32.2. The first-order valence-electron chi connectivity index (χ1n) is 8.42. The molecule has 0 aromatic heterocycles. The Balaban J connectivity index is 1.67. The molecule has 0 bridgehead atoms. The van der Waals surface area contributed by atoms with Crippen LogP contribution in [0.25, 0.3) is 5.57 Å². The number of sulfone groups is 1. The summed E-state index contributed by atoms with van der Waals surface area (Å²) in [6.45, 7) is 0. The van der Waals surface area contributed by atoms with Gasteiger partial charge in [0.25, 0.3) is 0 Å². The van der Waals surface area contributed by atoms with Crippen LogP contribution in [-0.4, -0.2) is 25.7 Å². The zero-order valence-electron chi connectivity index (χ0n) is 14.1. The van der Waals surface area contributed by atoms with E-state index in [1.165, 1.54) is 41.4 Å². The third kappa shape index (κ3) is 2.70. The van der Waals surface area contributed by atoms with Gasteiger partial charge < -0.3 is 0 Å². The number of fused-ring (bicyclic) bond motifs is 1. The Morgan fingerprint density at radius 1 is 1.12 bits per heavy atom. The van der Waals surface area contributed by atoms with E-state index in [1.54, 1.807) is 12.1 Å². The van der Waals surface area contributed by atoms with E-state index < -0.39 is 9.84 Å². The molecule has 24 heavy (non-hydrogen) atoms. The van der Waals surface area contributed by atoms with Gasteiger partial charge in [0.1, 0.15) is 0 Å². The summed E-state index contributed by atoms with van der Waals surface area (Å²) >= 11 is 1.96. The lowest BCUT2D eigenvalue weighted by atomic mass is 9.93. The maximum absolute atomic E-state index is 11.6. The molecule has 3 aliphatic rings. The molecule has 2 nitrogen and oxygen atoms in total. The molecule has 0 saturated heterocycles. The van der Waals surface area contributed by atoms with Gasteiger partial charge in [-0.25, -0.2) is 8.42 Å². The molecule has 2 unspecified atom stereocenters. The van der Waals surface area contributed by atoms with Crippen LogP contribution in [-0.2, 0) is 9.84 Å². The number of allylic oxidation sites excluding steroid dienone is 5. The minimum atomic E-state index is -3.13.